The quantitative estimate of drug-likeness (QED) is 0.746. The summed E-state index contributed by atoms with van der Waals surface area (Å²) in [6.07, 6.45) is -5.08. The number of hydrogen-bond acceptors (Lipinski definition) is 3. The van der Waals surface area contributed by atoms with Crippen LogP contribution in [-0.4, -0.2) is 15.9 Å². The van der Waals surface area contributed by atoms with Crippen molar-refractivity contribution in [1.82, 2.24) is 9.78 Å². The number of rotatable bonds is 1. The number of amides is 1. The molecule has 0 saturated heterocycles. The number of carbonyl (C=O) groups is 1. The van der Waals surface area contributed by atoms with E-state index in [1.165, 1.54) is 7.05 Å². The van der Waals surface area contributed by atoms with Gasteiger partial charge >= 0.3 is 12.3 Å². The van der Waals surface area contributed by atoms with E-state index in [0.29, 0.717) is 0 Å². The molecule has 1 aromatic heterocycles. The van der Waals surface area contributed by atoms with Crippen LogP contribution in [0.15, 0.2) is 6.20 Å². The van der Waals surface area contributed by atoms with Gasteiger partial charge in [-0.2, -0.15) is 18.3 Å². The number of alkyl halides is 3. The third-order valence-electron chi connectivity index (χ3n) is 1.27. The molecule has 0 radical (unpaired) electrons. The molecule has 14 heavy (non-hydrogen) atoms. The minimum absolute atomic E-state index is 0.701. The zero-order chi connectivity index (χ0) is 10.9. The van der Waals surface area contributed by atoms with Crippen molar-refractivity contribution in [2.45, 2.75) is 6.18 Å². The van der Waals surface area contributed by atoms with Gasteiger partial charge in [-0.15, -0.1) is 0 Å². The number of carbonyl (C=O) groups excluding carboxylic acids is 1. The summed E-state index contributed by atoms with van der Waals surface area (Å²) >= 11 is 0. The number of primary amides is 1. The minimum Gasteiger partial charge on any atom is -0.406 e. The van der Waals surface area contributed by atoms with Crippen molar-refractivity contribution in [3.05, 3.63) is 11.9 Å². The van der Waals surface area contributed by atoms with Crippen molar-refractivity contribution in [2.75, 3.05) is 0 Å². The third kappa shape index (κ3) is 2.15. The second kappa shape index (κ2) is 3.20. The average Bonchev–Trinajstić information content (AvgIpc) is 2.28. The predicted molar refractivity (Wildman–Crippen MR) is 38.4 cm³/mol. The van der Waals surface area contributed by atoms with E-state index in [0.717, 1.165) is 10.9 Å². The van der Waals surface area contributed by atoms with E-state index >= 15 is 0 Å². The van der Waals surface area contributed by atoms with Gasteiger partial charge in [0.1, 0.15) is 0 Å². The number of halogens is 3. The molecule has 1 aromatic rings. The van der Waals surface area contributed by atoms with Crippen LogP contribution < -0.4 is 10.5 Å². The van der Waals surface area contributed by atoms with Gasteiger partial charge in [0.15, 0.2) is 5.75 Å². The summed E-state index contributed by atoms with van der Waals surface area (Å²) in [5.41, 5.74) is 3.30. The normalized spacial score (nSPS) is 11.4. The number of ether oxygens (including phenoxy) is 1. The second-order valence-corrected chi connectivity index (χ2v) is 2.43. The third-order valence-corrected chi connectivity index (χ3v) is 1.27. The topological polar surface area (TPSA) is 70.1 Å². The molecule has 0 aliphatic carbocycles. The maximum Gasteiger partial charge on any atom is 0.438 e. The molecule has 1 heterocycles. The lowest BCUT2D eigenvalue weighted by Gasteiger charge is -2.04. The molecule has 0 aromatic carbocycles. The number of aromatic nitrogens is 2. The highest BCUT2D eigenvalue weighted by molar-refractivity contribution is 5.68. The smallest absolute Gasteiger partial charge is 0.406 e. The lowest BCUT2D eigenvalue weighted by atomic mass is 10.4. The molecule has 0 saturated carbocycles. The van der Waals surface area contributed by atoms with Crippen molar-refractivity contribution in [1.29, 1.82) is 0 Å². The molecule has 0 bridgehead atoms. The van der Waals surface area contributed by atoms with Gasteiger partial charge in [0.25, 0.3) is 0 Å². The van der Waals surface area contributed by atoms with Gasteiger partial charge in [0, 0.05) is 7.05 Å². The van der Waals surface area contributed by atoms with Crippen LogP contribution in [0.1, 0.15) is 5.69 Å². The highest BCUT2D eigenvalue weighted by Gasteiger charge is 2.38. The minimum atomic E-state index is -4.67. The highest BCUT2D eigenvalue weighted by Crippen LogP contribution is 2.34. The Morgan fingerprint density at radius 3 is 2.64 bits per heavy atom. The Morgan fingerprint density at radius 1 is 1.64 bits per heavy atom. The fourth-order valence-corrected chi connectivity index (χ4v) is 0.846. The number of hydrogen-bond donors (Lipinski definition) is 1. The number of nitrogens with zero attached hydrogens (tertiary/aromatic N) is 2. The zero-order valence-electron chi connectivity index (χ0n) is 7.00. The first-order valence-electron chi connectivity index (χ1n) is 3.39. The Bertz CT molecular complexity index is 358. The van der Waals surface area contributed by atoms with Gasteiger partial charge in [0.2, 0.25) is 5.69 Å². The molecular weight excluding hydrogens is 203 g/mol. The Balaban J connectivity index is 3.09. The summed E-state index contributed by atoms with van der Waals surface area (Å²) in [4.78, 5) is 10.3. The molecule has 5 nitrogen and oxygen atoms in total. The van der Waals surface area contributed by atoms with Crippen LogP contribution in [0.2, 0.25) is 0 Å². The summed E-state index contributed by atoms with van der Waals surface area (Å²) < 4.78 is 41.6. The van der Waals surface area contributed by atoms with Gasteiger partial charge in [-0.05, 0) is 0 Å². The molecule has 1 rings (SSSR count). The van der Waals surface area contributed by atoms with Crippen LogP contribution in [0.4, 0.5) is 18.0 Å². The molecule has 2 N–H and O–H groups in total. The van der Waals surface area contributed by atoms with Crippen LogP contribution >= 0.6 is 0 Å². The molecule has 0 unspecified atom stereocenters. The van der Waals surface area contributed by atoms with Crippen LogP contribution in [0.3, 0.4) is 0 Å². The second-order valence-electron chi connectivity index (χ2n) is 2.43. The summed E-state index contributed by atoms with van der Waals surface area (Å²) in [7, 11) is 1.27. The Morgan fingerprint density at radius 2 is 2.21 bits per heavy atom. The predicted octanol–water partition coefficient (Wildman–Crippen LogP) is 0.896. The van der Waals surface area contributed by atoms with Crippen LogP contribution in [0, 0.1) is 0 Å². The lowest BCUT2D eigenvalue weighted by molar-refractivity contribution is -0.142. The zero-order valence-corrected chi connectivity index (χ0v) is 7.00. The first-order valence-corrected chi connectivity index (χ1v) is 3.39. The first-order chi connectivity index (χ1) is 6.30. The Labute approximate surface area is 76.2 Å². The highest BCUT2D eigenvalue weighted by atomic mass is 19.4. The van der Waals surface area contributed by atoms with Gasteiger partial charge in [-0.25, -0.2) is 4.79 Å². The standard InChI is InChI=1S/C6H6F3N3O2/c1-12-2-3(14-5(10)13)4(11-12)6(7,8)9/h2H,1H3,(H2,10,13). The van der Waals surface area contributed by atoms with Crippen molar-refractivity contribution in [2.24, 2.45) is 12.8 Å². The van der Waals surface area contributed by atoms with Crippen LogP contribution in [-0.2, 0) is 13.2 Å². The monoisotopic (exact) mass is 209 g/mol. The van der Waals surface area contributed by atoms with Crippen molar-refractivity contribution >= 4 is 6.09 Å². The van der Waals surface area contributed by atoms with Crippen molar-refractivity contribution in [3.8, 4) is 5.75 Å². The number of nitrogens with two attached hydrogens (primary N) is 1. The fourth-order valence-electron chi connectivity index (χ4n) is 0.846. The summed E-state index contributed by atoms with van der Waals surface area (Å²) in [5, 5.41) is 3.09. The van der Waals surface area contributed by atoms with Gasteiger partial charge in [0.05, 0.1) is 6.20 Å². The lowest BCUT2D eigenvalue weighted by Crippen LogP contribution is -2.18. The van der Waals surface area contributed by atoms with Crippen LogP contribution in [0.5, 0.6) is 5.75 Å². The largest absolute Gasteiger partial charge is 0.438 e. The van der Waals surface area contributed by atoms with E-state index in [4.69, 9.17) is 0 Å². The SMILES string of the molecule is Cn1cc(OC(N)=O)c(C(F)(F)F)n1. The van der Waals surface area contributed by atoms with Crippen molar-refractivity contribution < 1.29 is 22.7 Å². The maximum atomic E-state index is 12.2. The molecule has 1 amide bonds. The number of aryl methyl sites for hydroxylation is 1. The van der Waals surface area contributed by atoms with E-state index in [9.17, 15) is 18.0 Å². The summed E-state index contributed by atoms with van der Waals surface area (Å²) in [5.74, 6) is -0.701. The average molecular weight is 209 g/mol. The van der Waals surface area contributed by atoms with E-state index in [1.54, 1.807) is 0 Å². The van der Waals surface area contributed by atoms with Gasteiger partial charge in [-0.1, -0.05) is 0 Å². The summed E-state index contributed by atoms with van der Waals surface area (Å²) in [6, 6.07) is 0. The fraction of sp³-hybridized carbons (Fsp3) is 0.333. The van der Waals surface area contributed by atoms with Gasteiger partial charge in [-0.3, -0.25) is 4.68 Å². The Kier molecular flexibility index (Phi) is 2.37. The molecule has 0 spiro atoms. The van der Waals surface area contributed by atoms with E-state index in [-0.39, 0.29) is 0 Å². The first kappa shape index (κ1) is 10.4. The molecule has 0 aliphatic heterocycles. The molecule has 0 atom stereocenters. The van der Waals surface area contributed by atoms with E-state index in [2.05, 4.69) is 15.6 Å². The molecule has 8 heteroatoms. The molecule has 78 valence electrons. The van der Waals surface area contributed by atoms with Crippen LogP contribution in [0.25, 0.3) is 0 Å². The van der Waals surface area contributed by atoms with Crippen molar-refractivity contribution in [3.63, 3.8) is 0 Å². The molecular formula is C6H6F3N3O2. The maximum absolute atomic E-state index is 12.2. The summed E-state index contributed by atoms with van der Waals surface area (Å²) in [6.45, 7) is 0. The van der Waals surface area contributed by atoms with E-state index < -0.39 is 23.7 Å². The van der Waals surface area contributed by atoms with E-state index in [1.807, 2.05) is 0 Å². The molecule has 0 aliphatic rings. The van der Waals surface area contributed by atoms with Gasteiger partial charge < -0.3 is 10.5 Å². The molecule has 0 fully saturated rings. The Hall–Kier alpha value is -1.73.